The van der Waals surface area contributed by atoms with Gasteiger partial charge in [0, 0.05) is 18.1 Å². The third-order valence-corrected chi connectivity index (χ3v) is 2.03. The summed E-state index contributed by atoms with van der Waals surface area (Å²) in [6, 6.07) is 5.87. The van der Waals surface area contributed by atoms with Crippen molar-refractivity contribution >= 4 is 5.69 Å². The molecule has 1 aromatic carbocycles. The zero-order valence-electron chi connectivity index (χ0n) is 8.10. The van der Waals surface area contributed by atoms with Crippen LogP contribution in [-0.4, -0.2) is 16.6 Å². The zero-order chi connectivity index (χ0) is 11.4. The van der Waals surface area contributed by atoms with Gasteiger partial charge in [0.15, 0.2) is 0 Å². The maximum absolute atomic E-state index is 10.5. The summed E-state index contributed by atoms with van der Waals surface area (Å²) < 4.78 is 0. The molecular formula is C10H9N2O3. The summed E-state index contributed by atoms with van der Waals surface area (Å²) in [6.07, 6.45) is 0. The largest absolute Gasteiger partial charge is 0.395 e. The minimum atomic E-state index is -0.532. The Hall–Kier alpha value is -1.93. The van der Waals surface area contributed by atoms with Crippen molar-refractivity contribution in [3.8, 4) is 6.07 Å². The normalized spacial score (nSPS) is 10.0. The number of aliphatic hydroxyl groups is 1. The molecule has 0 aliphatic heterocycles. The van der Waals surface area contributed by atoms with Crippen LogP contribution in [0.3, 0.4) is 0 Å². The number of nitriles is 1. The summed E-state index contributed by atoms with van der Waals surface area (Å²) >= 11 is 0. The van der Waals surface area contributed by atoms with Crippen LogP contribution in [0.1, 0.15) is 18.1 Å². The molecule has 1 aromatic rings. The summed E-state index contributed by atoms with van der Waals surface area (Å²) in [5.74, 6) is 0.537. The van der Waals surface area contributed by atoms with Crippen LogP contribution in [0.2, 0.25) is 0 Å². The van der Waals surface area contributed by atoms with E-state index in [4.69, 9.17) is 10.4 Å². The monoisotopic (exact) mass is 205 g/mol. The number of nitro groups is 1. The van der Waals surface area contributed by atoms with Crippen LogP contribution in [0.4, 0.5) is 5.69 Å². The number of rotatable bonds is 3. The lowest BCUT2D eigenvalue weighted by molar-refractivity contribution is -0.384. The molecule has 0 saturated carbocycles. The first-order valence-corrected chi connectivity index (χ1v) is 4.22. The van der Waals surface area contributed by atoms with Crippen LogP contribution in [0.5, 0.6) is 0 Å². The molecule has 0 bridgehead atoms. The average Bonchev–Trinajstić information content (AvgIpc) is 2.27. The molecule has 0 saturated heterocycles. The van der Waals surface area contributed by atoms with Crippen molar-refractivity contribution in [3.05, 3.63) is 45.4 Å². The van der Waals surface area contributed by atoms with Gasteiger partial charge in [0.1, 0.15) is 0 Å². The van der Waals surface area contributed by atoms with E-state index in [9.17, 15) is 10.1 Å². The Kier molecular flexibility index (Phi) is 3.37. The maximum Gasteiger partial charge on any atom is 0.269 e. The van der Waals surface area contributed by atoms with Gasteiger partial charge in [0.25, 0.3) is 5.69 Å². The third-order valence-electron chi connectivity index (χ3n) is 2.03. The van der Waals surface area contributed by atoms with Gasteiger partial charge in [-0.15, -0.1) is 0 Å². The quantitative estimate of drug-likeness (QED) is 0.596. The molecule has 77 valence electrons. The number of aliphatic hydroxyl groups excluding tert-OH is 1. The molecule has 5 heteroatoms. The number of nitrogens with zero attached hydrogens (tertiary/aromatic N) is 2. The van der Waals surface area contributed by atoms with Crippen molar-refractivity contribution in [2.24, 2.45) is 0 Å². The van der Waals surface area contributed by atoms with Gasteiger partial charge >= 0.3 is 0 Å². The predicted molar refractivity (Wildman–Crippen MR) is 52.9 cm³/mol. The molecule has 5 nitrogen and oxygen atoms in total. The number of hydrogen-bond donors (Lipinski definition) is 1. The van der Waals surface area contributed by atoms with E-state index >= 15 is 0 Å². The number of non-ortho nitro benzene ring substituents is 1. The van der Waals surface area contributed by atoms with Crippen molar-refractivity contribution in [3.63, 3.8) is 0 Å². The Balaban J connectivity index is 3.26. The van der Waals surface area contributed by atoms with Crippen molar-refractivity contribution < 1.29 is 10.0 Å². The third kappa shape index (κ3) is 2.30. The standard InChI is InChI=1S/C10H9N2O3/c1-7(6-13)10-4-9(12(14)15)3-2-8(10)5-11/h2-4,13H,6H2,1H3. The van der Waals surface area contributed by atoms with Gasteiger partial charge in [-0.05, 0) is 11.6 Å². The van der Waals surface area contributed by atoms with Gasteiger partial charge in [0.2, 0.25) is 0 Å². The van der Waals surface area contributed by atoms with Gasteiger partial charge in [-0.3, -0.25) is 10.1 Å². The fourth-order valence-corrected chi connectivity index (χ4v) is 1.18. The van der Waals surface area contributed by atoms with E-state index in [2.05, 4.69) is 0 Å². The second-order valence-corrected chi connectivity index (χ2v) is 3.04. The first-order valence-electron chi connectivity index (χ1n) is 4.22. The molecule has 0 unspecified atom stereocenters. The van der Waals surface area contributed by atoms with Crippen LogP contribution in [0.25, 0.3) is 0 Å². The van der Waals surface area contributed by atoms with Gasteiger partial charge < -0.3 is 5.11 Å². The Morgan fingerprint density at radius 3 is 2.80 bits per heavy atom. The van der Waals surface area contributed by atoms with Gasteiger partial charge in [-0.2, -0.15) is 5.26 Å². The first kappa shape index (κ1) is 11.1. The molecule has 0 fully saturated rings. The Bertz CT molecular complexity index is 423. The molecule has 1 rings (SSSR count). The molecule has 0 aliphatic rings. The van der Waals surface area contributed by atoms with E-state index < -0.39 is 4.92 Å². The highest BCUT2D eigenvalue weighted by molar-refractivity contribution is 5.51. The molecule has 0 atom stereocenters. The molecule has 0 aliphatic carbocycles. The van der Waals surface area contributed by atoms with E-state index in [0.29, 0.717) is 17.0 Å². The molecule has 0 aromatic heterocycles. The smallest absolute Gasteiger partial charge is 0.269 e. The number of nitro benzene ring substituents is 1. The molecule has 0 amide bonds. The highest BCUT2D eigenvalue weighted by atomic mass is 16.6. The van der Waals surface area contributed by atoms with E-state index in [1.54, 1.807) is 6.92 Å². The highest BCUT2D eigenvalue weighted by Gasteiger charge is 2.15. The summed E-state index contributed by atoms with van der Waals surface area (Å²) in [4.78, 5) is 9.98. The molecular weight excluding hydrogens is 196 g/mol. The van der Waals surface area contributed by atoms with Crippen molar-refractivity contribution in [1.29, 1.82) is 5.26 Å². The Labute approximate surface area is 86.7 Å². The first-order chi connectivity index (χ1) is 7.10. The lowest BCUT2D eigenvalue weighted by Gasteiger charge is -2.08. The predicted octanol–water partition coefficient (Wildman–Crippen LogP) is 1.40. The van der Waals surface area contributed by atoms with Crippen molar-refractivity contribution in [2.45, 2.75) is 6.92 Å². The maximum atomic E-state index is 10.5. The van der Waals surface area contributed by atoms with Crippen LogP contribution in [0.15, 0.2) is 18.2 Å². The van der Waals surface area contributed by atoms with Crippen molar-refractivity contribution in [2.75, 3.05) is 6.61 Å². The number of benzene rings is 1. The topological polar surface area (TPSA) is 87.2 Å². The van der Waals surface area contributed by atoms with E-state index in [0.717, 1.165) is 0 Å². The van der Waals surface area contributed by atoms with E-state index in [-0.39, 0.29) is 12.3 Å². The average molecular weight is 205 g/mol. The van der Waals surface area contributed by atoms with Gasteiger partial charge in [-0.25, -0.2) is 0 Å². The van der Waals surface area contributed by atoms with Crippen molar-refractivity contribution in [1.82, 2.24) is 0 Å². The van der Waals surface area contributed by atoms with Crippen LogP contribution >= 0.6 is 0 Å². The Morgan fingerprint density at radius 1 is 1.67 bits per heavy atom. The summed E-state index contributed by atoms with van der Waals surface area (Å²) in [5, 5.41) is 28.2. The molecule has 0 spiro atoms. The molecule has 1 radical (unpaired) electrons. The summed E-state index contributed by atoms with van der Waals surface area (Å²) in [5.41, 5.74) is 0.665. The lowest BCUT2D eigenvalue weighted by atomic mass is 9.96. The minimum Gasteiger partial charge on any atom is -0.395 e. The molecule has 1 N–H and O–H groups in total. The fraction of sp³-hybridized carbons (Fsp3) is 0.200. The zero-order valence-corrected chi connectivity index (χ0v) is 8.10. The Morgan fingerprint density at radius 2 is 2.33 bits per heavy atom. The lowest BCUT2D eigenvalue weighted by Crippen LogP contribution is -2.03. The van der Waals surface area contributed by atoms with Crippen LogP contribution in [-0.2, 0) is 0 Å². The second-order valence-electron chi connectivity index (χ2n) is 3.04. The number of hydrogen-bond acceptors (Lipinski definition) is 4. The van der Waals surface area contributed by atoms with Gasteiger partial charge in [0.05, 0.1) is 23.2 Å². The minimum absolute atomic E-state index is 0.0863. The van der Waals surface area contributed by atoms with E-state index in [1.807, 2.05) is 6.07 Å². The summed E-state index contributed by atoms with van der Waals surface area (Å²) in [6.45, 7) is 1.40. The highest BCUT2D eigenvalue weighted by Crippen LogP contribution is 2.23. The molecule has 15 heavy (non-hydrogen) atoms. The fourth-order valence-electron chi connectivity index (χ4n) is 1.18. The van der Waals surface area contributed by atoms with E-state index in [1.165, 1.54) is 18.2 Å². The second kappa shape index (κ2) is 4.53. The van der Waals surface area contributed by atoms with Crippen LogP contribution in [0, 0.1) is 27.4 Å². The summed E-state index contributed by atoms with van der Waals surface area (Å²) in [7, 11) is 0. The van der Waals surface area contributed by atoms with Crippen LogP contribution < -0.4 is 0 Å². The van der Waals surface area contributed by atoms with Gasteiger partial charge in [-0.1, -0.05) is 6.92 Å². The molecule has 0 heterocycles. The SMILES string of the molecule is C[C](CO)c1cc([N+](=O)[O-])ccc1C#N.